The standard InChI is InChI=1S/C38H44N6O11S/c39-56(50,51)28-19-30(44(48)49)34(41-23-24-6-15-52-16-7-24)32(20-28)53-13-1-2-14-54-36-33(17-25-5-10-40-35(25)42-36)55-31-18-26(3-4-29(31)37(46)47)43-11-8-38(9-12-43)21-27(45)22-38/h3-5,10,17-20,24,41H,1-2,6-9,11-16,21-23H2,(H,40,42)(H,46,47)(H2,39,50,51). The van der Waals surface area contributed by atoms with E-state index in [4.69, 9.17) is 24.1 Å². The molecule has 3 aliphatic rings. The van der Waals surface area contributed by atoms with E-state index in [1.54, 1.807) is 24.4 Å². The molecule has 17 nitrogen and oxygen atoms in total. The Morgan fingerprint density at radius 1 is 1.05 bits per heavy atom. The first-order valence-electron chi connectivity index (χ1n) is 18.6. The molecule has 0 bridgehead atoms. The first-order chi connectivity index (χ1) is 26.9. The molecule has 2 aliphatic heterocycles. The van der Waals surface area contributed by atoms with E-state index >= 15 is 0 Å². The van der Waals surface area contributed by atoms with Gasteiger partial charge in [0.05, 0.1) is 23.0 Å². The Kier molecular flexibility index (Phi) is 11.3. The van der Waals surface area contributed by atoms with Crippen molar-refractivity contribution in [3.05, 3.63) is 64.3 Å². The number of Topliss-reactive ketones (excluding diaryl/α,β-unsaturated/α-hetero) is 1. The number of hydrogen-bond donors (Lipinski definition) is 4. The van der Waals surface area contributed by atoms with Crippen LogP contribution in [0.15, 0.2) is 53.6 Å². The summed E-state index contributed by atoms with van der Waals surface area (Å²) in [6.07, 6.45) is 7.16. The largest absolute Gasteiger partial charge is 0.491 e. The maximum absolute atomic E-state index is 12.3. The highest BCUT2D eigenvalue weighted by Crippen LogP contribution is 2.48. The number of carboxylic acids is 1. The zero-order chi connectivity index (χ0) is 39.5. The molecule has 298 valence electrons. The average molecular weight is 793 g/mol. The summed E-state index contributed by atoms with van der Waals surface area (Å²) in [5, 5.41) is 31.2. The average Bonchev–Trinajstić information content (AvgIpc) is 3.62. The van der Waals surface area contributed by atoms with Gasteiger partial charge < -0.3 is 39.3 Å². The molecule has 0 atom stereocenters. The first kappa shape index (κ1) is 38.8. The van der Waals surface area contributed by atoms with Crippen molar-refractivity contribution in [2.24, 2.45) is 16.5 Å². The molecule has 1 spiro atoms. The summed E-state index contributed by atoms with van der Waals surface area (Å²) in [6, 6.07) is 10.6. The lowest BCUT2D eigenvalue weighted by Crippen LogP contribution is -2.47. The number of piperidine rings is 1. The minimum atomic E-state index is -4.28. The van der Waals surface area contributed by atoms with E-state index in [1.807, 2.05) is 6.07 Å². The van der Waals surface area contributed by atoms with E-state index in [-0.39, 0.29) is 58.9 Å². The number of fused-ring (bicyclic) bond motifs is 1. The molecular weight excluding hydrogens is 749 g/mol. The van der Waals surface area contributed by atoms with Crippen molar-refractivity contribution in [1.29, 1.82) is 0 Å². The number of pyridine rings is 1. The molecule has 18 heteroatoms. The SMILES string of the molecule is NS(=O)(=O)c1cc(OCCCCOc2nc3[nH]ccc3cc2Oc2cc(N3CCC4(CC3)CC(=O)C4)ccc2C(=O)O)c(NCC2CCOCC2)c([N+](=O)[O-])c1. The Hall–Kier alpha value is -5.46. The molecule has 0 amide bonds. The maximum atomic E-state index is 12.3. The number of hydrogen-bond acceptors (Lipinski definition) is 13. The van der Waals surface area contributed by atoms with Gasteiger partial charge in [-0.3, -0.25) is 14.9 Å². The van der Waals surface area contributed by atoms with Gasteiger partial charge in [-0.2, -0.15) is 4.98 Å². The van der Waals surface area contributed by atoms with Crippen LogP contribution in [0, 0.1) is 21.4 Å². The number of benzene rings is 2. The number of nitro groups is 1. The third-order valence-electron chi connectivity index (χ3n) is 10.7. The van der Waals surface area contributed by atoms with Crippen molar-refractivity contribution in [3.63, 3.8) is 0 Å². The number of nitro benzene ring substituents is 1. The Labute approximate surface area is 322 Å². The van der Waals surface area contributed by atoms with Crippen LogP contribution >= 0.6 is 0 Å². The Morgan fingerprint density at radius 3 is 2.46 bits per heavy atom. The zero-order valence-corrected chi connectivity index (χ0v) is 31.5. The second-order valence-electron chi connectivity index (χ2n) is 14.6. The van der Waals surface area contributed by atoms with Crippen LogP contribution in [-0.4, -0.2) is 86.2 Å². The molecule has 1 saturated carbocycles. The molecule has 5 N–H and O–H groups in total. The fraction of sp³-hybridized carbons (Fsp3) is 0.447. The smallest absolute Gasteiger partial charge is 0.339 e. The van der Waals surface area contributed by atoms with Crippen molar-refractivity contribution in [3.8, 4) is 23.1 Å². The number of aromatic nitrogens is 2. The molecular formula is C38H44N6O11S. The van der Waals surface area contributed by atoms with E-state index < -0.39 is 31.5 Å². The van der Waals surface area contributed by atoms with Crippen LogP contribution in [0.4, 0.5) is 17.1 Å². The normalized spacial score (nSPS) is 17.1. The minimum Gasteiger partial charge on any atom is -0.491 e. The van der Waals surface area contributed by atoms with Gasteiger partial charge in [-0.05, 0) is 74.1 Å². The highest BCUT2D eigenvalue weighted by molar-refractivity contribution is 7.89. The number of rotatable bonds is 16. The van der Waals surface area contributed by atoms with E-state index in [1.165, 1.54) is 12.1 Å². The van der Waals surface area contributed by atoms with Gasteiger partial charge >= 0.3 is 5.97 Å². The van der Waals surface area contributed by atoms with Crippen LogP contribution in [0.5, 0.6) is 23.1 Å². The number of aromatic amines is 1. The van der Waals surface area contributed by atoms with Crippen LogP contribution in [0.1, 0.15) is 61.7 Å². The first-order valence-corrected chi connectivity index (χ1v) is 20.1. The molecule has 4 aromatic rings. The number of unbranched alkanes of at least 4 members (excludes halogenated alkanes) is 1. The third kappa shape index (κ3) is 8.82. The van der Waals surface area contributed by atoms with Gasteiger partial charge in [0.25, 0.3) is 11.6 Å². The number of primary sulfonamides is 1. The number of ether oxygens (including phenoxy) is 4. The Bertz CT molecular complexity index is 2220. The quantitative estimate of drug-likeness (QED) is 0.0611. The van der Waals surface area contributed by atoms with Crippen molar-refractivity contribution in [2.45, 2.75) is 56.3 Å². The summed E-state index contributed by atoms with van der Waals surface area (Å²) >= 11 is 0. The predicted molar refractivity (Wildman–Crippen MR) is 204 cm³/mol. The van der Waals surface area contributed by atoms with Gasteiger partial charge in [0.1, 0.15) is 22.7 Å². The number of carbonyl (C=O) groups excluding carboxylic acids is 1. The molecule has 3 fully saturated rings. The summed E-state index contributed by atoms with van der Waals surface area (Å²) in [6.45, 7) is 3.30. The molecule has 56 heavy (non-hydrogen) atoms. The third-order valence-corrected chi connectivity index (χ3v) is 11.6. The van der Waals surface area contributed by atoms with Gasteiger partial charge in [-0.25, -0.2) is 18.4 Å². The van der Waals surface area contributed by atoms with Crippen molar-refractivity contribution < 1.29 is 47.0 Å². The summed E-state index contributed by atoms with van der Waals surface area (Å²) in [7, 11) is -4.28. The van der Waals surface area contributed by atoms with Crippen molar-refractivity contribution in [1.82, 2.24) is 9.97 Å². The Balaban J connectivity index is 1.02. The summed E-state index contributed by atoms with van der Waals surface area (Å²) in [5.41, 5.74) is 1.01. The van der Waals surface area contributed by atoms with Crippen LogP contribution in [0.2, 0.25) is 0 Å². The number of nitrogens with zero attached hydrogens (tertiary/aromatic N) is 3. The van der Waals surface area contributed by atoms with E-state index in [9.17, 15) is 33.2 Å². The molecule has 7 rings (SSSR count). The van der Waals surface area contributed by atoms with Gasteiger partial charge in [-0.15, -0.1) is 0 Å². The second-order valence-corrected chi connectivity index (χ2v) is 16.2. The monoisotopic (exact) mass is 792 g/mol. The molecule has 2 saturated heterocycles. The van der Waals surface area contributed by atoms with Gasteiger partial charge in [-0.1, -0.05) is 0 Å². The van der Waals surface area contributed by atoms with Crippen molar-refractivity contribution >= 4 is 49.9 Å². The zero-order valence-electron chi connectivity index (χ0n) is 30.7. The summed E-state index contributed by atoms with van der Waals surface area (Å²) in [4.78, 5) is 44.7. The van der Waals surface area contributed by atoms with Crippen LogP contribution in [0.3, 0.4) is 0 Å². The lowest BCUT2D eigenvalue weighted by atomic mass is 9.62. The molecule has 0 unspecified atom stereocenters. The van der Waals surface area contributed by atoms with E-state index in [0.29, 0.717) is 56.9 Å². The predicted octanol–water partition coefficient (Wildman–Crippen LogP) is 5.64. The lowest BCUT2D eigenvalue weighted by Gasteiger charge is -2.47. The maximum Gasteiger partial charge on any atom is 0.339 e. The minimum absolute atomic E-state index is 0.00980. The number of carbonyl (C=O) groups is 2. The summed E-state index contributed by atoms with van der Waals surface area (Å²) < 4.78 is 48.1. The molecule has 0 radical (unpaired) electrons. The number of anilines is 2. The Morgan fingerprint density at radius 2 is 1.79 bits per heavy atom. The number of nitrogens with one attached hydrogen (secondary N) is 2. The topological polar surface area (TPSA) is 239 Å². The lowest BCUT2D eigenvalue weighted by molar-refractivity contribution is -0.384. The van der Waals surface area contributed by atoms with Gasteiger partial charge in [0.15, 0.2) is 17.2 Å². The number of H-pyrrole nitrogens is 1. The number of ketones is 1. The second kappa shape index (κ2) is 16.3. The van der Waals surface area contributed by atoms with E-state index in [0.717, 1.165) is 55.9 Å². The highest BCUT2D eigenvalue weighted by atomic mass is 32.2. The molecule has 4 heterocycles. The fourth-order valence-electron chi connectivity index (χ4n) is 7.51. The highest BCUT2D eigenvalue weighted by Gasteiger charge is 2.45. The number of carboxylic acid groups (broad SMARTS) is 1. The number of aromatic carboxylic acids is 1. The van der Waals surface area contributed by atoms with Crippen molar-refractivity contribution in [2.75, 3.05) is 56.3 Å². The number of sulfonamides is 1. The van der Waals surface area contributed by atoms with Gasteiger partial charge in [0.2, 0.25) is 10.0 Å². The molecule has 2 aromatic heterocycles. The van der Waals surface area contributed by atoms with E-state index in [2.05, 4.69) is 20.2 Å². The number of nitrogens with two attached hydrogens (primary N) is 1. The summed E-state index contributed by atoms with van der Waals surface area (Å²) in [5.74, 6) is -0.174. The fourth-order valence-corrected chi connectivity index (χ4v) is 8.06. The van der Waals surface area contributed by atoms with Crippen LogP contribution in [0.25, 0.3) is 11.0 Å². The van der Waals surface area contributed by atoms with Crippen LogP contribution in [-0.2, 0) is 19.6 Å². The molecule has 2 aromatic carbocycles. The van der Waals surface area contributed by atoms with Crippen LogP contribution < -0.4 is 29.6 Å². The molecule has 1 aliphatic carbocycles. The van der Waals surface area contributed by atoms with Gasteiger partial charge in [0, 0.05) is 81.2 Å².